The first-order valence-electron chi connectivity index (χ1n) is 5.90. The molecule has 0 aliphatic heterocycles. The molecule has 1 aromatic heterocycles. The largest absolute Gasteiger partial charge is 0.484 e. The Balaban J connectivity index is 1.75. The van der Waals surface area contributed by atoms with E-state index in [0.29, 0.717) is 16.2 Å². The summed E-state index contributed by atoms with van der Waals surface area (Å²) < 4.78 is 11.1. The van der Waals surface area contributed by atoms with Gasteiger partial charge < -0.3 is 9.15 Å². The molecule has 1 aromatic carbocycles. The van der Waals surface area contributed by atoms with E-state index in [9.17, 15) is 4.79 Å². The summed E-state index contributed by atoms with van der Waals surface area (Å²) in [7, 11) is 0. The van der Waals surface area contributed by atoms with Crippen LogP contribution in [0.25, 0.3) is 0 Å². The Morgan fingerprint density at radius 1 is 1.35 bits per heavy atom. The zero-order valence-corrected chi connectivity index (χ0v) is 12.4. The Morgan fingerprint density at radius 3 is 2.75 bits per heavy atom. The second-order valence-corrected chi connectivity index (χ2v) is 4.82. The molecule has 1 N–H and O–H groups in total. The first kappa shape index (κ1) is 14.3. The average molecular weight is 337 g/mol. The number of nitrogens with one attached hydrogen (secondary N) is 1. The third-order valence-corrected chi connectivity index (χ3v) is 2.79. The minimum atomic E-state index is -0.340. The quantitative estimate of drug-likeness (QED) is 0.674. The number of aryl methyl sites for hydroxylation is 1. The van der Waals surface area contributed by atoms with Crippen molar-refractivity contribution in [3.63, 3.8) is 0 Å². The summed E-state index contributed by atoms with van der Waals surface area (Å²) in [6.07, 6.45) is 1.41. The van der Waals surface area contributed by atoms with E-state index in [1.54, 1.807) is 12.1 Å². The molecule has 0 saturated carbocycles. The van der Waals surface area contributed by atoms with E-state index in [1.807, 2.05) is 31.2 Å². The molecule has 0 aliphatic carbocycles. The lowest BCUT2D eigenvalue weighted by molar-refractivity contribution is -0.123. The summed E-state index contributed by atoms with van der Waals surface area (Å²) in [5.74, 6) is 0.841. The van der Waals surface area contributed by atoms with Crippen LogP contribution in [0, 0.1) is 6.92 Å². The first-order chi connectivity index (χ1) is 9.63. The Labute approximate surface area is 124 Å². The molecular weight excluding hydrogens is 324 g/mol. The van der Waals surface area contributed by atoms with Crippen LogP contribution in [0.5, 0.6) is 5.75 Å². The Hall–Kier alpha value is -2.08. The minimum Gasteiger partial charge on any atom is -0.484 e. The van der Waals surface area contributed by atoms with Gasteiger partial charge in [-0.25, -0.2) is 5.43 Å². The van der Waals surface area contributed by atoms with Crippen molar-refractivity contribution in [2.45, 2.75) is 6.92 Å². The molecule has 0 bridgehead atoms. The summed E-state index contributed by atoms with van der Waals surface area (Å²) in [6, 6.07) is 10.9. The van der Waals surface area contributed by atoms with Crippen LogP contribution in [0.1, 0.15) is 11.3 Å². The molecule has 1 amide bonds. The topological polar surface area (TPSA) is 63.8 Å². The Kier molecular flexibility index (Phi) is 4.95. The van der Waals surface area contributed by atoms with Crippen molar-refractivity contribution in [3.05, 3.63) is 52.4 Å². The number of carbonyl (C=O) groups is 1. The Bertz CT molecular complexity index is 605. The van der Waals surface area contributed by atoms with Gasteiger partial charge in [-0.05, 0) is 47.1 Å². The highest BCUT2D eigenvalue weighted by Crippen LogP contribution is 2.12. The molecule has 0 spiro atoms. The van der Waals surface area contributed by atoms with Gasteiger partial charge in [0, 0.05) is 0 Å². The van der Waals surface area contributed by atoms with Gasteiger partial charge in [0.15, 0.2) is 11.3 Å². The summed E-state index contributed by atoms with van der Waals surface area (Å²) in [5.41, 5.74) is 3.49. The lowest BCUT2D eigenvalue weighted by Crippen LogP contribution is -2.24. The number of rotatable bonds is 5. The minimum absolute atomic E-state index is 0.0950. The number of carbonyl (C=O) groups excluding carboxylic acids is 1. The van der Waals surface area contributed by atoms with Crippen LogP contribution in [0.2, 0.25) is 0 Å². The highest BCUT2D eigenvalue weighted by Gasteiger charge is 2.01. The van der Waals surface area contributed by atoms with Crippen molar-refractivity contribution in [2.75, 3.05) is 6.61 Å². The molecule has 2 rings (SSSR count). The van der Waals surface area contributed by atoms with Crippen LogP contribution < -0.4 is 10.2 Å². The standard InChI is InChI=1S/C14H13BrN2O3/c1-10-2-4-11(5-3-10)19-9-14(18)17-16-8-12-6-7-13(15)20-12/h2-8H,9H2,1H3,(H,17,18)/b16-8-. The van der Waals surface area contributed by atoms with Crippen molar-refractivity contribution >= 4 is 28.1 Å². The maximum atomic E-state index is 11.5. The second-order valence-electron chi connectivity index (χ2n) is 4.04. The second kappa shape index (κ2) is 6.91. The predicted octanol–water partition coefficient (Wildman–Crippen LogP) is 2.88. The van der Waals surface area contributed by atoms with Crippen LogP contribution in [-0.2, 0) is 4.79 Å². The van der Waals surface area contributed by atoms with Crippen LogP contribution >= 0.6 is 15.9 Å². The van der Waals surface area contributed by atoms with Crippen LogP contribution in [0.4, 0.5) is 0 Å². The van der Waals surface area contributed by atoms with E-state index in [2.05, 4.69) is 26.5 Å². The van der Waals surface area contributed by atoms with Crippen LogP contribution in [0.3, 0.4) is 0 Å². The van der Waals surface area contributed by atoms with Crippen LogP contribution in [-0.4, -0.2) is 18.7 Å². The van der Waals surface area contributed by atoms with E-state index in [0.717, 1.165) is 5.56 Å². The average Bonchev–Trinajstić information content (AvgIpc) is 2.84. The molecule has 0 atom stereocenters. The zero-order chi connectivity index (χ0) is 14.4. The van der Waals surface area contributed by atoms with Gasteiger partial charge in [-0.15, -0.1) is 0 Å². The molecule has 0 unspecified atom stereocenters. The number of furan rings is 1. The number of hydrogen-bond donors (Lipinski definition) is 1. The van der Waals surface area contributed by atoms with Crippen molar-refractivity contribution in [3.8, 4) is 5.75 Å². The van der Waals surface area contributed by atoms with Crippen molar-refractivity contribution in [1.29, 1.82) is 0 Å². The summed E-state index contributed by atoms with van der Waals surface area (Å²) in [6.45, 7) is 1.89. The number of ether oxygens (including phenoxy) is 1. The molecule has 0 saturated heterocycles. The molecule has 0 aliphatic rings. The Morgan fingerprint density at radius 2 is 2.10 bits per heavy atom. The summed E-state index contributed by atoms with van der Waals surface area (Å²) >= 11 is 3.17. The highest BCUT2D eigenvalue weighted by atomic mass is 79.9. The van der Waals surface area contributed by atoms with Gasteiger partial charge in [-0.1, -0.05) is 17.7 Å². The normalized spacial score (nSPS) is 10.7. The third kappa shape index (κ3) is 4.55. The number of benzene rings is 1. The lowest BCUT2D eigenvalue weighted by atomic mass is 10.2. The smallest absolute Gasteiger partial charge is 0.277 e. The fraction of sp³-hybridized carbons (Fsp3) is 0.143. The highest BCUT2D eigenvalue weighted by molar-refractivity contribution is 9.10. The predicted molar refractivity (Wildman–Crippen MR) is 78.8 cm³/mol. The van der Waals surface area contributed by atoms with E-state index in [4.69, 9.17) is 9.15 Å². The van der Waals surface area contributed by atoms with E-state index in [-0.39, 0.29) is 12.5 Å². The maximum Gasteiger partial charge on any atom is 0.277 e. The van der Waals surface area contributed by atoms with Crippen molar-refractivity contribution in [2.24, 2.45) is 5.10 Å². The van der Waals surface area contributed by atoms with Gasteiger partial charge in [0.25, 0.3) is 5.91 Å². The molecule has 0 fully saturated rings. The van der Waals surface area contributed by atoms with E-state index in [1.165, 1.54) is 6.21 Å². The summed E-state index contributed by atoms with van der Waals surface area (Å²) in [5, 5.41) is 3.76. The first-order valence-corrected chi connectivity index (χ1v) is 6.69. The van der Waals surface area contributed by atoms with Crippen molar-refractivity contribution in [1.82, 2.24) is 5.43 Å². The number of halogens is 1. The van der Waals surface area contributed by atoms with E-state index < -0.39 is 0 Å². The third-order valence-electron chi connectivity index (χ3n) is 2.37. The van der Waals surface area contributed by atoms with Gasteiger partial charge in [0.2, 0.25) is 0 Å². The van der Waals surface area contributed by atoms with Gasteiger partial charge in [-0.2, -0.15) is 5.10 Å². The maximum absolute atomic E-state index is 11.5. The molecule has 1 heterocycles. The molecule has 6 heteroatoms. The van der Waals surface area contributed by atoms with Gasteiger partial charge >= 0.3 is 0 Å². The molecule has 104 valence electrons. The zero-order valence-electron chi connectivity index (χ0n) is 10.8. The fourth-order valence-corrected chi connectivity index (χ4v) is 1.70. The summed E-state index contributed by atoms with van der Waals surface area (Å²) in [4.78, 5) is 11.5. The number of hydrazone groups is 1. The molecule has 2 aromatic rings. The number of amides is 1. The monoisotopic (exact) mass is 336 g/mol. The molecule has 0 radical (unpaired) electrons. The SMILES string of the molecule is Cc1ccc(OCC(=O)N/N=C\c2ccc(Br)o2)cc1. The lowest BCUT2D eigenvalue weighted by Gasteiger charge is -2.04. The van der Waals surface area contributed by atoms with E-state index >= 15 is 0 Å². The van der Waals surface area contributed by atoms with Gasteiger partial charge in [-0.3, -0.25) is 4.79 Å². The fourth-order valence-electron chi connectivity index (χ4n) is 1.38. The molecular formula is C14H13BrN2O3. The van der Waals surface area contributed by atoms with Gasteiger partial charge in [0.1, 0.15) is 11.5 Å². The van der Waals surface area contributed by atoms with Crippen molar-refractivity contribution < 1.29 is 13.9 Å². The van der Waals surface area contributed by atoms with Crippen LogP contribution in [0.15, 0.2) is 50.6 Å². The van der Waals surface area contributed by atoms with Gasteiger partial charge in [0.05, 0.1) is 6.21 Å². The number of nitrogens with zero attached hydrogens (tertiary/aromatic N) is 1. The molecule has 20 heavy (non-hydrogen) atoms. The molecule has 5 nitrogen and oxygen atoms in total. The number of hydrogen-bond acceptors (Lipinski definition) is 4.